The lowest BCUT2D eigenvalue weighted by atomic mass is 10.2. The van der Waals surface area contributed by atoms with Crippen molar-refractivity contribution in [2.75, 3.05) is 18.9 Å². The van der Waals surface area contributed by atoms with Crippen LogP contribution in [0.5, 0.6) is 17.4 Å². The van der Waals surface area contributed by atoms with E-state index in [0.29, 0.717) is 22.8 Å². The number of anilines is 1. The average molecular weight is 429 g/mol. The van der Waals surface area contributed by atoms with Crippen LogP contribution in [0.15, 0.2) is 48.3 Å². The summed E-state index contributed by atoms with van der Waals surface area (Å²) in [6.45, 7) is 1.79. The van der Waals surface area contributed by atoms with Crippen molar-refractivity contribution in [2.24, 2.45) is 11.6 Å². The van der Waals surface area contributed by atoms with Gasteiger partial charge in [0.15, 0.2) is 0 Å². The summed E-state index contributed by atoms with van der Waals surface area (Å²) in [5.41, 5.74) is 7.87. The molecular weight excluding hydrogens is 408 g/mol. The largest absolute Gasteiger partial charge is 0.506 e. The third-order valence-corrected chi connectivity index (χ3v) is 4.17. The lowest BCUT2D eigenvalue weighted by molar-refractivity contribution is 0.437. The van der Waals surface area contributed by atoms with Gasteiger partial charge in [0.1, 0.15) is 23.1 Å². The number of rotatable bonds is 7. The van der Waals surface area contributed by atoms with Gasteiger partial charge in [-0.2, -0.15) is 4.98 Å². The molecule has 0 saturated carbocycles. The van der Waals surface area contributed by atoms with Crippen LogP contribution in [0.3, 0.4) is 0 Å². The molecule has 0 bridgehead atoms. The maximum absolute atomic E-state index is 13.3. The Morgan fingerprint density at radius 3 is 2.52 bits per heavy atom. The fourth-order valence-electron chi connectivity index (χ4n) is 2.62. The van der Waals surface area contributed by atoms with E-state index in [0.717, 1.165) is 18.2 Å². The van der Waals surface area contributed by atoms with E-state index in [1.165, 1.54) is 23.3 Å². The van der Waals surface area contributed by atoms with Gasteiger partial charge in [0.25, 0.3) is 0 Å². The van der Waals surface area contributed by atoms with Crippen molar-refractivity contribution in [3.05, 3.63) is 71.3 Å². The minimum absolute atomic E-state index is 0.0394. The van der Waals surface area contributed by atoms with Gasteiger partial charge in [-0.15, -0.1) is 0 Å². The number of hydrazine groups is 1. The van der Waals surface area contributed by atoms with E-state index >= 15 is 0 Å². The summed E-state index contributed by atoms with van der Waals surface area (Å²) in [6, 6.07) is 7.32. The average Bonchev–Trinajstić information content (AvgIpc) is 2.69. The predicted octanol–water partition coefficient (Wildman–Crippen LogP) is 2.50. The number of nitrogens with two attached hydrogens (primary N) is 2. The number of ether oxygens (including phenoxy) is 1. The molecule has 2 heterocycles. The minimum Gasteiger partial charge on any atom is -0.506 e. The van der Waals surface area contributed by atoms with E-state index in [9.17, 15) is 13.9 Å². The van der Waals surface area contributed by atoms with Gasteiger partial charge in [-0.05, 0) is 19.1 Å². The third-order valence-electron chi connectivity index (χ3n) is 4.17. The molecule has 3 aromatic rings. The summed E-state index contributed by atoms with van der Waals surface area (Å²) >= 11 is 0. The fourth-order valence-corrected chi connectivity index (χ4v) is 2.62. The standard InChI is InChI=1S/C20H21F2N7O2/c1-11-17(30)4-3-15(27-11)19(23)16(29(2)24)10-26-20-25-6-5-18(28-20)31-14-8-12(21)7-13(22)9-14/h3-9,30H,10,23-24H2,1-2H3,(H,25,26,28)/b19-16-. The maximum atomic E-state index is 13.3. The number of nitrogens with one attached hydrogen (secondary N) is 1. The third kappa shape index (κ3) is 5.54. The number of aryl methyl sites for hydroxylation is 1. The Bertz CT molecular complexity index is 1100. The summed E-state index contributed by atoms with van der Waals surface area (Å²) in [7, 11) is 1.61. The summed E-state index contributed by atoms with van der Waals surface area (Å²) in [6.07, 6.45) is 1.42. The molecule has 0 aliphatic heterocycles. The first-order valence-corrected chi connectivity index (χ1v) is 9.08. The molecule has 9 nitrogen and oxygen atoms in total. The zero-order chi connectivity index (χ0) is 22.5. The zero-order valence-corrected chi connectivity index (χ0v) is 16.8. The van der Waals surface area contributed by atoms with Gasteiger partial charge >= 0.3 is 0 Å². The van der Waals surface area contributed by atoms with E-state index in [2.05, 4.69) is 20.3 Å². The molecule has 0 aliphatic carbocycles. The van der Waals surface area contributed by atoms with Crippen molar-refractivity contribution in [3.63, 3.8) is 0 Å². The summed E-state index contributed by atoms with van der Waals surface area (Å²) in [5, 5.41) is 13.9. The lowest BCUT2D eigenvalue weighted by Crippen LogP contribution is -2.32. The molecule has 6 N–H and O–H groups in total. The molecule has 0 fully saturated rings. The van der Waals surface area contributed by atoms with Crippen LogP contribution in [0.4, 0.5) is 14.7 Å². The normalized spacial score (nSPS) is 11.6. The number of hydrogen-bond acceptors (Lipinski definition) is 9. The molecular formula is C20H21F2N7O2. The molecule has 0 saturated heterocycles. The molecule has 2 aromatic heterocycles. The van der Waals surface area contributed by atoms with E-state index in [-0.39, 0.29) is 29.9 Å². The quantitative estimate of drug-likeness (QED) is 0.330. The first kappa shape index (κ1) is 21.7. The highest BCUT2D eigenvalue weighted by atomic mass is 19.1. The zero-order valence-electron chi connectivity index (χ0n) is 16.8. The number of likely N-dealkylation sites (N-methyl/N-ethyl adjacent to an activating group) is 1. The second-order valence-electron chi connectivity index (χ2n) is 6.55. The highest BCUT2D eigenvalue weighted by Gasteiger charge is 2.13. The molecule has 11 heteroatoms. The van der Waals surface area contributed by atoms with Crippen molar-refractivity contribution in [1.29, 1.82) is 0 Å². The first-order chi connectivity index (χ1) is 14.7. The Labute approximate surface area is 177 Å². The molecule has 0 atom stereocenters. The fraction of sp³-hybridized carbons (Fsp3) is 0.150. The predicted molar refractivity (Wildman–Crippen MR) is 111 cm³/mol. The van der Waals surface area contributed by atoms with Crippen LogP contribution < -0.4 is 21.6 Å². The number of aromatic nitrogens is 3. The smallest absolute Gasteiger partial charge is 0.226 e. The molecule has 0 unspecified atom stereocenters. The number of nitrogens with zero attached hydrogens (tertiary/aromatic N) is 4. The van der Waals surface area contributed by atoms with Gasteiger partial charge < -0.3 is 25.9 Å². The highest BCUT2D eigenvalue weighted by Crippen LogP contribution is 2.23. The van der Waals surface area contributed by atoms with Crippen LogP contribution in [0.2, 0.25) is 0 Å². The molecule has 31 heavy (non-hydrogen) atoms. The Hall–Kier alpha value is -3.99. The van der Waals surface area contributed by atoms with Crippen LogP contribution in [-0.2, 0) is 0 Å². The second-order valence-corrected chi connectivity index (χ2v) is 6.55. The molecule has 3 rings (SSSR count). The van der Waals surface area contributed by atoms with Crippen LogP contribution >= 0.6 is 0 Å². The molecule has 162 valence electrons. The Morgan fingerprint density at radius 2 is 1.87 bits per heavy atom. The first-order valence-electron chi connectivity index (χ1n) is 9.08. The number of halogens is 2. The topological polar surface area (TPSA) is 135 Å². The Morgan fingerprint density at radius 1 is 1.16 bits per heavy atom. The number of benzene rings is 1. The summed E-state index contributed by atoms with van der Waals surface area (Å²) in [5.74, 6) is 4.65. The van der Waals surface area contributed by atoms with Gasteiger partial charge in [0, 0.05) is 37.5 Å². The van der Waals surface area contributed by atoms with Gasteiger partial charge in [0.05, 0.1) is 29.3 Å². The molecule has 1 aromatic carbocycles. The van der Waals surface area contributed by atoms with Crippen LogP contribution in [0, 0.1) is 18.6 Å². The van der Waals surface area contributed by atoms with Crippen molar-refractivity contribution >= 4 is 11.6 Å². The van der Waals surface area contributed by atoms with E-state index in [4.69, 9.17) is 16.3 Å². The van der Waals surface area contributed by atoms with Crippen LogP contribution in [-0.4, -0.2) is 38.7 Å². The maximum Gasteiger partial charge on any atom is 0.226 e. The molecule has 0 amide bonds. The summed E-state index contributed by atoms with van der Waals surface area (Å²) < 4.78 is 32.1. The van der Waals surface area contributed by atoms with Gasteiger partial charge in [-0.1, -0.05) is 0 Å². The molecule has 0 radical (unpaired) electrons. The summed E-state index contributed by atoms with van der Waals surface area (Å²) in [4.78, 5) is 12.5. The van der Waals surface area contributed by atoms with Gasteiger partial charge in [0.2, 0.25) is 11.8 Å². The molecule has 0 aliphatic rings. The Kier molecular flexibility index (Phi) is 6.46. The van der Waals surface area contributed by atoms with Gasteiger partial charge in [-0.25, -0.2) is 24.6 Å². The highest BCUT2D eigenvalue weighted by molar-refractivity contribution is 5.64. The van der Waals surface area contributed by atoms with E-state index < -0.39 is 11.6 Å². The number of hydrogen-bond donors (Lipinski definition) is 4. The number of pyridine rings is 1. The van der Waals surface area contributed by atoms with E-state index in [1.54, 1.807) is 20.0 Å². The van der Waals surface area contributed by atoms with Crippen molar-refractivity contribution in [2.45, 2.75) is 6.92 Å². The SMILES string of the molecule is Cc1nc(/C(N)=C(\CNc2nccc(Oc3cc(F)cc(F)c3)n2)N(C)N)ccc1O. The monoisotopic (exact) mass is 429 g/mol. The van der Waals surface area contributed by atoms with Crippen molar-refractivity contribution < 1.29 is 18.6 Å². The van der Waals surface area contributed by atoms with Crippen LogP contribution in [0.1, 0.15) is 11.4 Å². The van der Waals surface area contributed by atoms with E-state index in [1.807, 2.05) is 0 Å². The van der Waals surface area contributed by atoms with Crippen molar-refractivity contribution in [3.8, 4) is 17.4 Å². The van der Waals surface area contributed by atoms with Gasteiger partial charge in [-0.3, -0.25) is 0 Å². The number of aromatic hydroxyl groups is 1. The minimum atomic E-state index is -0.767. The molecule has 0 spiro atoms. The lowest BCUT2D eigenvalue weighted by Gasteiger charge is -2.20. The van der Waals surface area contributed by atoms with Crippen LogP contribution in [0.25, 0.3) is 5.70 Å². The second kappa shape index (κ2) is 9.22. The van der Waals surface area contributed by atoms with Crippen molar-refractivity contribution in [1.82, 2.24) is 20.0 Å². The Balaban J connectivity index is 1.78.